The molecule has 1 saturated heterocycles. The number of aryl methyl sites for hydroxylation is 1. The predicted octanol–water partition coefficient (Wildman–Crippen LogP) is 5.77. The second-order valence-corrected chi connectivity index (χ2v) is 9.71. The van der Waals surface area contributed by atoms with E-state index in [2.05, 4.69) is 27.3 Å². The number of imidazole rings is 1. The third kappa shape index (κ3) is 6.02. The van der Waals surface area contributed by atoms with Gasteiger partial charge in [-0.05, 0) is 49.9 Å². The van der Waals surface area contributed by atoms with Crippen LogP contribution < -0.4 is 5.32 Å². The number of nitrogens with one attached hydrogen (secondary N) is 1. The second-order valence-electron chi connectivity index (χ2n) is 8.68. The van der Waals surface area contributed by atoms with Crippen LogP contribution in [0.5, 0.6) is 0 Å². The van der Waals surface area contributed by atoms with Gasteiger partial charge in [0.2, 0.25) is 0 Å². The standard InChI is InChI=1S/C25H25F3N4OS.2ClH/c26-25(27,28)22-19-16-29-20-9-4-10-21(32(19)20)34-23(22)24(33)30-18-11-14-31(15-12-18)13-5-8-17-6-2-1-3-7-17;;/h1-4,6-7,9-10,16,18H,5,8,11-15H2,(H,30,33);2*1H. The Balaban J connectivity index is 0.00000180. The minimum atomic E-state index is -4.66. The van der Waals surface area contributed by atoms with Crippen molar-refractivity contribution in [3.05, 3.63) is 70.9 Å². The number of aromatic nitrogens is 2. The number of pyridine rings is 1. The largest absolute Gasteiger partial charge is 0.419 e. The molecule has 11 heteroatoms. The summed E-state index contributed by atoms with van der Waals surface area (Å²) in [6.45, 7) is 2.62. The third-order valence-electron chi connectivity index (χ3n) is 6.38. The van der Waals surface area contributed by atoms with Crippen molar-refractivity contribution in [2.75, 3.05) is 19.6 Å². The number of hydrogen-bond acceptors (Lipinski definition) is 4. The fraction of sp³-hybridized carbons (Fsp3) is 0.360. The summed E-state index contributed by atoms with van der Waals surface area (Å²) in [6, 6.07) is 15.3. The Bertz CT molecular complexity index is 1230. The second kappa shape index (κ2) is 11.9. The zero-order valence-electron chi connectivity index (χ0n) is 19.3. The maximum absolute atomic E-state index is 14.0. The quantitative estimate of drug-likeness (QED) is 0.417. The van der Waals surface area contributed by atoms with Crippen LogP contribution in [0.2, 0.25) is 0 Å². The molecular weight excluding hydrogens is 532 g/mol. The molecule has 36 heavy (non-hydrogen) atoms. The highest BCUT2D eigenvalue weighted by Crippen LogP contribution is 2.46. The first-order valence-corrected chi connectivity index (χ1v) is 12.2. The van der Waals surface area contributed by atoms with Crippen molar-refractivity contribution in [1.29, 1.82) is 0 Å². The number of likely N-dealkylation sites (tertiary alicyclic amines) is 1. The van der Waals surface area contributed by atoms with Gasteiger partial charge in [-0.2, -0.15) is 13.2 Å². The molecule has 0 aliphatic carbocycles. The summed E-state index contributed by atoms with van der Waals surface area (Å²) in [5.74, 6) is -0.663. The van der Waals surface area contributed by atoms with E-state index in [4.69, 9.17) is 0 Å². The zero-order valence-corrected chi connectivity index (χ0v) is 21.8. The summed E-state index contributed by atoms with van der Waals surface area (Å²) in [5.41, 5.74) is 0.746. The fourth-order valence-corrected chi connectivity index (χ4v) is 5.78. The molecule has 3 aromatic rings. The van der Waals surface area contributed by atoms with Crippen molar-refractivity contribution in [1.82, 2.24) is 19.6 Å². The summed E-state index contributed by atoms with van der Waals surface area (Å²) in [4.78, 5) is 19.2. The molecule has 5 nitrogen and oxygen atoms in total. The minimum Gasteiger partial charge on any atom is -0.349 e. The lowest BCUT2D eigenvalue weighted by Gasteiger charge is -2.33. The van der Waals surface area contributed by atoms with Crippen molar-refractivity contribution >= 4 is 53.7 Å². The van der Waals surface area contributed by atoms with Gasteiger partial charge in [-0.1, -0.05) is 48.2 Å². The molecule has 0 radical (unpaired) electrons. The number of hydrogen-bond donors (Lipinski definition) is 1. The van der Waals surface area contributed by atoms with Gasteiger partial charge in [0.05, 0.1) is 21.8 Å². The van der Waals surface area contributed by atoms with Crippen LogP contribution in [0.15, 0.2) is 64.7 Å². The highest BCUT2D eigenvalue weighted by molar-refractivity contribution is 8.04. The molecule has 2 aliphatic rings. The number of piperidine rings is 1. The molecule has 0 saturated carbocycles. The molecule has 2 aromatic heterocycles. The highest BCUT2D eigenvalue weighted by atomic mass is 35.5. The number of benzene rings is 1. The Hall–Kier alpha value is -2.20. The fourth-order valence-electron chi connectivity index (χ4n) is 4.67. The number of halogens is 5. The van der Waals surface area contributed by atoms with E-state index in [0.717, 1.165) is 57.1 Å². The number of alkyl halides is 3. The van der Waals surface area contributed by atoms with E-state index in [0.29, 0.717) is 10.7 Å². The van der Waals surface area contributed by atoms with Gasteiger partial charge >= 0.3 is 6.18 Å². The van der Waals surface area contributed by atoms with Gasteiger partial charge in [-0.25, -0.2) is 4.98 Å². The normalized spacial score (nSPS) is 16.4. The first-order valence-electron chi connectivity index (χ1n) is 11.4. The van der Waals surface area contributed by atoms with Crippen LogP contribution in [0.25, 0.3) is 11.2 Å². The van der Waals surface area contributed by atoms with Gasteiger partial charge < -0.3 is 10.2 Å². The lowest BCUT2D eigenvalue weighted by atomic mass is 10.0. The Kier molecular flexibility index (Phi) is 9.38. The Morgan fingerprint density at radius 1 is 1.06 bits per heavy atom. The SMILES string of the molecule is Cl.Cl.O=C(NC1CCN(CCCc2ccccc2)CC1)C1=C(C(F)(F)F)c2cnc3cccc(n23)S1. The monoisotopic (exact) mass is 558 g/mol. The summed E-state index contributed by atoms with van der Waals surface area (Å²) < 4.78 is 43.5. The number of rotatable bonds is 6. The highest BCUT2D eigenvalue weighted by Gasteiger charge is 2.43. The molecule has 1 aromatic carbocycles. The molecule has 1 fully saturated rings. The number of amides is 1. The van der Waals surface area contributed by atoms with Crippen molar-refractivity contribution in [3.8, 4) is 0 Å². The number of nitrogens with zero attached hydrogens (tertiary/aromatic N) is 3. The molecule has 5 rings (SSSR count). The van der Waals surface area contributed by atoms with E-state index in [1.54, 1.807) is 18.2 Å². The Morgan fingerprint density at radius 3 is 2.47 bits per heavy atom. The van der Waals surface area contributed by atoms with Gasteiger partial charge in [-0.15, -0.1) is 24.8 Å². The van der Waals surface area contributed by atoms with Gasteiger partial charge in [0.15, 0.2) is 0 Å². The minimum absolute atomic E-state index is 0. The maximum Gasteiger partial charge on any atom is 0.419 e. The smallest absolute Gasteiger partial charge is 0.349 e. The summed E-state index contributed by atoms with van der Waals surface area (Å²) in [5, 5.41) is 3.43. The van der Waals surface area contributed by atoms with Crippen molar-refractivity contribution in [2.24, 2.45) is 0 Å². The Labute approximate surface area is 224 Å². The zero-order chi connectivity index (χ0) is 23.7. The first kappa shape index (κ1) is 28.4. The van der Waals surface area contributed by atoms with Crippen molar-refractivity contribution in [2.45, 2.75) is 42.9 Å². The first-order chi connectivity index (χ1) is 16.4. The van der Waals surface area contributed by atoms with Crippen molar-refractivity contribution < 1.29 is 18.0 Å². The van der Waals surface area contributed by atoms with Crippen LogP contribution in [0.1, 0.15) is 30.5 Å². The third-order valence-corrected chi connectivity index (χ3v) is 7.50. The predicted molar refractivity (Wildman–Crippen MR) is 141 cm³/mol. The molecule has 0 atom stereocenters. The van der Waals surface area contributed by atoms with Gasteiger partial charge in [0, 0.05) is 19.1 Å². The molecular formula is C25H27Cl2F3N4OS. The van der Waals surface area contributed by atoms with Crippen LogP contribution in [0.4, 0.5) is 13.2 Å². The molecule has 1 amide bonds. The molecule has 0 spiro atoms. The Morgan fingerprint density at radius 2 is 1.78 bits per heavy atom. The average molecular weight is 559 g/mol. The van der Waals surface area contributed by atoms with Crippen molar-refractivity contribution in [3.63, 3.8) is 0 Å². The number of carbonyl (C=O) groups is 1. The van der Waals surface area contributed by atoms with E-state index in [-0.39, 0.29) is 41.5 Å². The van der Waals surface area contributed by atoms with Crippen LogP contribution in [0, 0.1) is 0 Å². The average Bonchev–Trinajstić information content (AvgIpc) is 3.25. The molecule has 194 valence electrons. The summed E-state index contributed by atoms with van der Waals surface area (Å²) in [6.07, 6.45) is 0.0623. The molecule has 0 bridgehead atoms. The maximum atomic E-state index is 14.0. The number of allylic oxidation sites excluding steroid dienone is 1. The summed E-state index contributed by atoms with van der Waals surface area (Å²) in [7, 11) is 0. The van der Waals surface area contributed by atoms with Crippen LogP contribution >= 0.6 is 36.6 Å². The molecule has 2 aliphatic heterocycles. The number of thioether (sulfide) groups is 1. The van der Waals surface area contributed by atoms with E-state index >= 15 is 0 Å². The topological polar surface area (TPSA) is 49.6 Å². The molecule has 1 N–H and O–H groups in total. The van der Waals surface area contributed by atoms with E-state index in [9.17, 15) is 18.0 Å². The van der Waals surface area contributed by atoms with E-state index < -0.39 is 17.7 Å². The number of carbonyl (C=O) groups excluding carboxylic acids is 1. The molecule has 4 heterocycles. The van der Waals surface area contributed by atoms with E-state index in [1.807, 2.05) is 18.2 Å². The summed E-state index contributed by atoms with van der Waals surface area (Å²) >= 11 is 0.855. The molecule has 0 unspecified atom stereocenters. The van der Waals surface area contributed by atoms with Gasteiger partial charge in [-0.3, -0.25) is 9.20 Å². The van der Waals surface area contributed by atoms with Crippen LogP contribution in [0.3, 0.4) is 0 Å². The van der Waals surface area contributed by atoms with Crippen LogP contribution in [-0.2, 0) is 11.2 Å². The van der Waals surface area contributed by atoms with Crippen LogP contribution in [-0.4, -0.2) is 52.0 Å². The van der Waals surface area contributed by atoms with Gasteiger partial charge in [0.1, 0.15) is 11.2 Å². The lowest BCUT2D eigenvalue weighted by molar-refractivity contribution is -0.118. The van der Waals surface area contributed by atoms with Gasteiger partial charge in [0.25, 0.3) is 5.91 Å². The lowest BCUT2D eigenvalue weighted by Crippen LogP contribution is -2.45. The van der Waals surface area contributed by atoms with E-state index in [1.165, 1.54) is 16.2 Å².